The van der Waals surface area contributed by atoms with Gasteiger partial charge >= 0.3 is 5.51 Å². The lowest BCUT2D eigenvalue weighted by Crippen LogP contribution is -2.26. The summed E-state index contributed by atoms with van der Waals surface area (Å²) < 4.78 is 56.0. The van der Waals surface area contributed by atoms with Gasteiger partial charge in [0.05, 0.1) is 5.75 Å². The summed E-state index contributed by atoms with van der Waals surface area (Å²) in [5.74, 6) is -0.851. The lowest BCUT2D eigenvalue weighted by Gasteiger charge is -2.08. The molecule has 6 heteroatoms. The molecule has 0 radical (unpaired) electrons. The molecule has 0 aliphatic heterocycles. The van der Waals surface area contributed by atoms with Gasteiger partial charge in [0.15, 0.2) is 0 Å². The Morgan fingerprint density at radius 1 is 1.25 bits per heavy atom. The second-order valence-corrected chi connectivity index (χ2v) is 5.05. The Hall–Kier alpha value is -0.260. The van der Waals surface area contributed by atoms with Crippen molar-refractivity contribution in [3.63, 3.8) is 0 Å². The molecule has 0 fully saturated rings. The fourth-order valence-corrected chi connectivity index (χ4v) is 1.52. The van der Waals surface area contributed by atoms with Crippen molar-refractivity contribution in [1.82, 2.24) is 0 Å². The van der Waals surface area contributed by atoms with Gasteiger partial charge in [-0.05, 0) is 12.3 Å². The largest absolute Gasteiger partial charge is 0.497 e. The van der Waals surface area contributed by atoms with E-state index in [1.807, 2.05) is 0 Å². The fraction of sp³-hybridized carbons (Fsp3) is 1.00. The van der Waals surface area contributed by atoms with E-state index in [0.29, 0.717) is 0 Å². The minimum absolute atomic E-state index is 0.0397. The normalized spacial score (nSPS) is 13.8. The first-order valence-corrected chi connectivity index (χ1v) is 5.11. The summed E-state index contributed by atoms with van der Waals surface area (Å²) in [7, 11) is -4.89. The Labute approximate surface area is 69.7 Å². The van der Waals surface area contributed by atoms with Crippen LogP contribution >= 0.6 is 0 Å². The van der Waals surface area contributed by atoms with Crippen LogP contribution in [-0.4, -0.2) is 19.7 Å². The molecule has 0 aromatic carbocycles. The van der Waals surface area contributed by atoms with Crippen molar-refractivity contribution in [2.45, 2.75) is 25.8 Å². The van der Waals surface area contributed by atoms with Crippen LogP contribution in [0, 0.1) is 5.92 Å². The van der Waals surface area contributed by atoms with E-state index in [1.165, 1.54) is 0 Å². The van der Waals surface area contributed by atoms with Crippen LogP contribution < -0.4 is 0 Å². The first-order valence-electron chi connectivity index (χ1n) is 3.46. The number of hydrogen-bond donors (Lipinski definition) is 0. The van der Waals surface area contributed by atoms with E-state index < -0.39 is 21.1 Å². The quantitative estimate of drug-likeness (QED) is 0.704. The predicted octanol–water partition coefficient (Wildman–Crippen LogP) is 1.97. The van der Waals surface area contributed by atoms with Gasteiger partial charge in [-0.1, -0.05) is 13.8 Å². The molecular formula is C6H11F3O2S. The van der Waals surface area contributed by atoms with Gasteiger partial charge in [0, 0.05) is 0 Å². The summed E-state index contributed by atoms with van der Waals surface area (Å²) in [4.78, 5) is 0. The molecule has 0 aromatic rings. The van der Waals surface area contributed by atoms with Gasteiger partial charge in [0.2, 0.25) is 9.84 Å². The highest BCUT2D eigenvalue weighted by molar-refractivity contribution is 7.92. The third-order valence-electron chi connectivity index (χ3n) is 1.32. The molecule has 0 aliphatic rings. The van der Waals surface area contributed by atoms with Crippen molar-refractivity contribution in [2.75, 3.05) is 5.75 Å². The molecule has 2 nitrogen and oxygen atoms in total. The fourth-order valence-electron chi connectivity index (χ4n) is 0.507. The van der Waals surface area contributed by atoms with Gasteiger partial charge in [-0.25, -0.2) is 8.42 Å². The summed E-state index contributed by atoms with van der Waals surface area (Å²) in [6.07, 6.45) is 0.0435. The summed E-state index contributed by atoms with van der Waals surface area (Å²) >= 11 is 0. The Morgan fingerprint density at radius 3 is 1.92 bits per heavy atom. The van der Waals surface area contributed by atoms with Gasteiger partial charge in [-0.2, -0.15) is 13.2 Å². The first kappa shape index (κ1) is 11.7. The summed E-state index contributed by atoms with van der Waals surface area (Å²) in [6, 6.07) is 0. The van der Waals surface area contributed by atoms with Crippen molar-refractivity contribution in [1.29, 1.82) is 0 Å². The average molecular weight is 204 g/mol. The van der Waals surface area contributed by atoms with E-state index >= 15 is 0 Å². The SMILES string of the molecule is CC(C)CCS(=O)(=O)C(F)(F)F. The molecule has 0 aromatic heterocycles. The van der Waals surface area contributed by atoms with Crippen LogP contribution in [0.25, 0.3) is 0 Å². The minimum atomic E-state index is -5.10. The molecule has 0 saturated carbocycles. The zero-order valence-electron chi connectivity index (χ0n) is 6.85. The van der Waals surface area contributed by atoms with Crippen LogP contribution in [0.3, 0.4) is 0 Å². The topological polar surface area (TPSA) is 34.1 Å². The average Bonchev–Trinajstić information content (AvgIpc) is 1.81. The zero-order chi connectivity index (χ0) is 9.99. The maximum Gasteiger partial charge on any atom is 0.497 e. The van der Waals surface area contributed by atoms with Crippen molar-refractivity contribution in [3.05, 3.63) is 0 Å². The molecule has 0 amide bonds. The van der Waals surface area contributed by atoms with E-state index in [2.05, 4.69) is 0 Å². The molecule has 74 valence electrons. The number of alkyl halides is 3. The van der Waals surface area contributed by atoms with Crippen molar-refractivity contribution >= 4 is 9.84 Å². The number of hydrogen-bond acceptors (Lipinski definition) is 2. The van der Waals surface area contributed by atoms with Gasteiger partial charge in [0.25, 0.3) is 0 Å². The monoisotopic (exact) mass is 204 g/mol. The van der Waals surface area contributed by atoms with Crippen LogP contribution in [0.15, 0.2) is 0 Å². The smallest absolute Gasteiger partial charge is 0.220 e. The molecule has 0 N–H and O–H groups in total. The Balaban J connectivity index is 4.27. The van der Waals surface area contributed by atoms with E-state index in [0.717, 1.165) is 0 Å². The molecule has 0 aliphatic carbocycles. The third-order valence-corrected chi connectivity index (χ3v) is 2.80. The van der Waals surface area contributed by atoms with Gasteiger partial charge in [-0.15, -0.1) is 0 Å². The van der Waals surface area contributed by atoms with Crippen molar-refractivity contribution in [2.24, 2.45) is 5.92 Å². The van der Waals surface area contributed by atoms with Crippen molar-refractivity contribution < 1.29 is 21.6 Å². The Kier molecular flexibility index (Phi) is 3.56. The van der Waals surface area contributed by atoms with Crippen LogP contribution in [0.4, 0.5) is 13.2 Å². The third kappa shape index (κ3) is 3.42. The van der Waals surface area contributed by atoms with Gasteiger partial charge < -0.3 is 0 Å². The van der Waals surface area contributed by atoms with Crippen LogP contribution in [0.1, 0.15) is 20.3 Å². The molecule has 0 bridgehead atoms. The standard InChI is InChI=1S/C6H11F3O2S/c1-5(2)3-4-12(10,11)6(7,8)9/h5H,3-4H2,1-2H3. The summed E-state index contributed by atoms with van der Waals surface area (Å²) in [5, 5.41) is 0. The molecule has 0 spiro atoms. The van der Waals surface area contributed by atoms with Crippen LogP contribution in [0.5, 0.6) is 0 Å². The summed E-state index contributed by atoms with van der Waals surface area (Å²) in [5.41, 5.74) is -5.10. The van der Waals surface area contributed by atoms with Crippen LogP contribution in [0.2, 0.25) is 0 Å². The Morgan fingerprint density at radius 2 is 1.67 bits per heavy atom. The van der Waals surface area contributed by atoms with Crippen LogP contribution in [-0.2, 0) is 9.84 Å². The van der Waals surface area contributed by atoms with Gasteiger partial charge in [-0.3, -0.25) is 0 Å². The second kappa shape index (κ2) is 3.64. The lowest BCUT2D eigenvalue weighted by molar-refractivity contribution is -0.0436. The predicted molar refractivity (Wildman–Crippen MR) is 39.3 cm³/mol. The van der Waals surface area contributed by atoms with E-state index in [1.54, 1.807) is 13.8 Å². The highest BCUT2D eigenvalue weighted by atomic mass is 32.2. The highest BCUT2D eigenvalue weighted by Gasteiger charge is 2.44. The molecule has 0 heterocycles. The number of sulfone groups is 1. The second-order valence-electron chi connectivity index (χ2n) is 2.95. The lowest BCUT2D eigenvalue weighted by atomic mass is 10.2. The first-order chi connectivity index (χ1) is 5.17. The van der Waals surface area contributed by atoms with Gasteiger partial charge in [0.1, 0.15) is 0 Å². The zero-order valence-corrected chi connectivity index (χ0v) is 7.67. The minimum Gasteiger partial charge on any atom is -0.220 e. The molecular weight excluding hydrogens is 193 g/mol. The van der Waals surface area contributed by atoms with E-state index in [9.17, 15) is 21.6 Å². The maximum absolute atomic E-state index is 11.7. The maximum atomic E-state index is 11.7. The highest BCUT2D eigenvalue weighted by Crippen LogP contribution is 2.24. The van der Waals surface area contributed by atoms with Crippen molar-refractivity contribution in [3.8, 4) is 0 Å². The molecule has 0 unspecified atom stereocenters. The summed E-state index contributed by atoms with van der Waals surface area (Å²) in [6.45, 7) is 3.35. The van der Waals surface area contributed by atoms with E-state index in [-0.39, 0.29) is 12.3 Å². The van der Waals surface area contributed by atoms with E-state index in [4.69, 9.17) is 0 Å². The molecule has 0 saturated heterocycles. The molecule has 12 heavy (non-hydrogen) atoms. The number of halogens is 3. The molecule has 0 rings (SSSR count). The number of rotatable bonds is 3. The molecule has 0 atom stereocenters. The Bertz CT molecular complexity index is 228.